The van der Waals surface area contributed by atoms with Crippen LogP contribution in [0, 0.1) is 20.8 Å². The van der Waals surface area contributed by atoms with Gasteiger partial charge in [0.25, 0.3) is 10.0 Å². The summed E-state index contributed by atoms with van der Waals surface area (Å²) >= 11 is 0. The van der Waals surface area contributed by atoms with Gasteiger partial charge in [-0.2, -0.15) is 0 Å². The molecule has 0 aromatic heterocycles. The molecule has 0 spiro atoms. The minimum absolute atomic E-state index is 0.184. The van der Waals surface area contributed by atoms with Crippen molar-refractivity contribution in [2.24, 2.45) is 0 Å². The zero-order valence-electron chi connectivity index (χ0n) is 18.8. The number of nitrogens with one attached hydrogen (secondary N) is 1. The van der Waals surface area contributed by atoms with Crippen molar-refractivity contribution in [3.05, 3.63) is 89.0 Å². The Balaban J connectivity index is 1.90. The van der Waals surface area contributed by atoms with Crippen molar-refractivity contribution in [1.82, 2.24) is 5.32 Å². The van der Waals surface area contributed by atoms with Crippen molar-refractivity contribution in [3.8, 4) is 5.75 Å². The predicted molar refractivity (Wildman–Crippen MR) is 126 cm³/mol. The summed E-state index contributed by atoms with van der Waals surface area (Å²) in [6.45, 7) is 5.49. The van der Waals surface area contributed by atoms with Crippen LogP contribution >= 0.6 is 0 Å². The summed E-state index contributed by atoms with van der Waals surface area (Å²) in [5.74, 6) is 0.337. The highest BCUT2D eigenvalue weighted by Crippen LogP contribution is 2.29. The molecule has 3 aromatic carbocycles. The summed E-state index contributed by atoms with van der Waals surface area (Å²) in [7, 11) is -2.36. The number of anilines is 1. The number of ether oxygens (including phenoxy) is 1. The molecule has 7 heteroatoms. The molecule has 0 atom stereocenters. The second-order valence-corrected chi connectivity index (χ2v) is 9.45. The highest BCUT2D eigenvalue weighted by atomic mass is 32.2. The first-order chi connectivity index (χ1) is 15.2. The molecule has 6 nitrogen and oxygen atoms in total. The normalized spacial score (nSPS) is 11.1. The zero-order chi connectivity index (χ0) is 23.3. The fraction of sp³-hybridized carbons (Fsp3) is 0.240. The van der Waals surface area contributed by atoms with Gasteiger partial charge in [0.15, 0.2) is 0 Å². The molecule has 3 rings (SSSR count). The lowest BCUT2D eigenvalue weighted by molar-refractivity contribution is -0.119. The number of nitrogens with zero attached hydrogens (tertiary/aromatic N) is 1. The van der Waals surface area contributed by atoms with Crippen LogP contribution < -0.4 is 14.4 Å². The first-order valence-corrected chi connectivity index (χ1v) is 11.7. The van der Waals surface area contributed by atoms with Crippen molar-refractivity contribution < 1.29 is 17.9 Å². The molecule has 32 heavy (non-hydrogen) atoms. The Bertz CT molecular complexity index is 1200. The van der Waals surface area contributed by atoms with Crippen molar-refractivity contribution in [2.75, 3.05) is 18.0 Å². The van der Waals surface area contributed by atoms with E-state index in [0.717, 1.165) is 22.4 Å². The van der Waals surface area contributed by atoms with E-state index in [1.54, 1.807) is 50.4 Å². The van der Waals surface area contributed by atoms with E-state index < -0.39 is 10.0 Å². The first-order valence-electron chi connectivity index (χ1n) is 10.3. The number of hydrogen-bond donors (Lipinski definition) is 1. The topological polar surface area (TPSA) is 75.7 Å². The Labute approximate surface area is 189 Å². The molecule has 1 amide bonds. The molecule has 0 heterocycles. The van der Waals surface area contributed by atoms with Crippen LogP contribution in [0.1, 0.15) is 22.3 Å². The van der Waals surface area contributed by atoms with Crippen molar-refractivity contribution in [2.45, 2.75) is 32.2 Å². The second-order valence-electron chi connectivity index (χ2n) is 7.62. The quantitative estimate of drug-likeness (QED) is 0.558. The van der Waals surface area contributed by atoms with Crippen LogP contribution in [-0.2, 0) is 21.4 Å². The molecular weight excluding hydrogens is 424 g/mol. The number of benzene rings is 3. The van der Waals surface area contributed by atoms with Crippen LogP contribution in [0.3, 0.4) is 0 Å². The Morgan fingerprint density at radius 2 is 1.56 bits per heavy atom. The standard InChI is InChI=1S/C25H28N2O4S/c1-18-9-7-10-23(20(18)3)27(32(29,30)24-11-6-5-8-19(24)2)17-25(28)26-16-21-12-14-22(31-4)15-13-21/h5-15H,16-17H2,1-4H3,(H,26,28). The summed E-state index contributed by atoms with van der Waals surface area (Å²) in [5, 5.41) is 2.82. The Morgan fingerprint density at radius 3 is 2.22 bits per heavy atom. The zero-order valence-corrected chi connectivity index (χ0v) is 19.6. The average Bonchev–Trinajstić information content (AvgIpc) is 2.78. The van der Waals surface area contributed by atoms with E-state index in [1.165, 1.54) is 4.31 Å². The number of aryl methyl sites for hydroxylation is 2. The van der Waals surface area contributed by atoms with Crippen molar-refractivity contribution in [1.29, 1.82) is 0 Å². The van der Waals surface area contributed by atoms with Gasteiger partial charge in [-0.05, 0) is 67.3 Å². The third-order valence-electron chi connectivity index (χ3n) is 5.44. The monoisotopic (exact) mass is 452 g/mol. The molecule has 3 aromatic rings. The number of rotatable bonds is 8. The summed E-state index contributed by atoms with van der Waals surface area (Å²) < 4.78 is 33.6. The number of amides is 1. The van der Waals surface area contributed by atoms with E-state index in [2.05, 4.69) is 5.32 Å². The minimum atomic E-state index is -3.96. The Kier molecular flexibility index (Phi) is 7.20. The molecule has 0 aliphatic carbocycles. The van der Waals surface area contributed by atoms with Gasteiger partial charge in [-0.25, -0.2) is 8.42 Å². The van der Waals surface area contributed by atoms with Crippen LogP contribution in [0.25, 0.3) is 0 Å². The summed E-state index contributed by atoms with van der Waals surface area (Å²) in [6.07, 6.45) is 0. The lowest BCUT2D eigenvalue weighted by Gasteiger charge is -2.27. The maximum atomic E-state index is 13.6. The molecule has 0 aliphatic rings. The van der Waals surface area contributed by atoms with Gasteiger partial charge in [0, 0.05) is 6.54 Å². The van der Waals surface area contributed by atoms with Gasteiger partial charge in [-0.1, -0.05) is 42.5 Å². The van der Waals surface area contributed by atoms with Crippen LogP contribution in [-0.4, -0.2) is 28.0 Å². The minimum Gasteiger partial charge on any atom is -0.497 e. The highest BCUT2D eigenvalue weighted by molar-refractivity contribution is 7.93. The van der Waals surface area contributed by atoms with Crippen LogP contribution in [0.4, 0.5) is 5.69 Å². The average molecular weight is 453 g/mol. The van der Waals surface area contributed by atoms with Crippen molar-refractivity contribution >= 4 is 21.6 Å². The van der Waals surface area contributed by atoms with E-state index in [9.17, 15) is 13.2 Å². The maximum absolute atomic E-state index is 13.6. The number of carbonyl (C=O) groups is 1. The first kappa shape index (κ1) is 23.3. The molecule has 0 radical (unpaired) electrons. The van der Waals surface area contributed by atoms with Gasteiger partial charge in [-0.3, -0.25) is 9.10 Å². The third kappa shape index (κ3) is 5.11. The number of hydrogen-bond acceptors (Lipinski definition) is 4. The third-order valence-corrected chi connectivity index (χ3v) is 7.36. The maximum Gasteiger partial charge on any atom is 0.265 e. The van der Waals surface area contributed by atoms with E-state index in [0.29, 0.717) is 11.3 Å². The molecule has 0 unspecified atom stereocenters. The smallest absolute Gasteiger partial charge is 0.265 e. The van der Waals surface area contributed by atoms with Gasteiger partial charge in [0.2, 0.25) is 5.91 Å². The van der Waals surface area contributed by atoms with E-state index in [-0.39, 0.29) is 23.9 Å². The summed E-state index contributed by atoms with van der Waals surface area (Å²) in [4.78, 5) is 13.0. The molecule has 0 bridgehead atoms. The molecule has 0 aliphatic heterocycles. The highest BCUT2D eigenvalue weighted by Gasteiger charge is 2.29. The van der Waals surface area contributed by atoms with Crippen molar-refractivity contribution in [3.63, 3.8) is 0 Å². The molecule has 0 saturated heterocycles. The lowest BCUT2D eigenvalue weighted by atomic mass is 10.1. The van der Waals surface area contributed by atoms with E-state index in [1.807, 2.05) is 44.2 Å². The summed E-state index contributed by atoms with van der Waals surface area (Å²) in [6, 6.07) is 19.6. The van der Waals surface area contributed by atoms with Gasteiger partial charge < -0.3 is 10.1 Å². The summed E-state index contributed by atoms with van der Waals surface area (Å²) in [5.41, 5.74) is 3.77. The van der Waals surface area contributed by atoms with Gasteiger partial charge in [0.1, 0.15) is 12.3 Å². The lowest BCUT2D eigenvalue weighted by Crippen LogP contribution is -2.41. The largest absolute Gasteiger partial charge is 0.497 e. The molecular formula is C25H28N2O4S. The van der Waals surface area contributed by atoms with Gasteiger partial charge in [-0.15, -0.1) is 0 Å². The van der Waals surface area contributed by atoms with Gasteiger partial charge >= 0.3 is 0 Å². The van der Waals surface area contributed by atoms with Crippen LogP contribution in [0.5, 0.6) is 5.75 Å². The SMILES string of the molecule is COc1ccc(CNC(=O)CN(c2cccc(C)c2C)S(=O)(=O)c2ccccc2C)cc1. The Morgan fingerprint density at radius 1 is 0.906 bits per heavy atom. The Hall–Kier alpha value is -3.32. The fourth-order valence-electron chi connectivity index (χ4n) is 3.40. The second kappa shape index (κ2) is 9.87. The molecule has 0 saturated carbocycles. The molecule has 1 N–H and O–H groups in total. The van der Waals surface area contributed by atoms with E-state index >= 15 is 0 Å². The number of carbonyl (C=O) groups excluding carboxylic acids is 1. The van der Waals surface area contributed by atoms with E-state index in [4.69, 9.17) is 4.74 Å². The fourth-order valence-corrected chi connectivity index (χ4v) is 5.11. The number of sulfonamides is 1. The van der Waals surface area contributed by atoms with Crippen LogP contribution in [0.2, 0.25) is 0 Å². The number of methoxy groups -OCH3 is 1. The molecule has 168 valence electrons. The van der Waals surface area contributed by atoms with Crippen LogP contribution in [0.15, 0.2) is 71.6 Å². The molecule has 0 fully saturated rings. The van der Waals surface area contributed by atoms with Gasteiger partial charge in [0.05, 0.1) is 17.7 Å². The predicted octanol–water partition coefficient (Wildman–Crippen LogP) is 4.13.